The average molecular weight is 468 g/mol. The third-order valence-corrected chi connectivity index (χ3v) is 7.50. The Hall–Kier alpha value is -2.27. The molecule has 2 aromatic carbocycles. The van der Waals surface area contributed by atoms with Gasteiger partial charge in [0.05, 0.1) is 29.5 Å². The quantitative estimate of drug-likeness (QED) is 0.669. The van der Waals surface area contributed by atoms with Crippen LogP contribution in [0.4, 0.5) is 11.4 Å². The van der Waals surface area contributed by atoms with E-state index in [1.54, 1.807) is 29.2 Å². The number of carbonyl (C=O) groups is 2. The first-order valence-electron chi connectivity index (χ1n) is 9.10. The predicted octanol–water partition coefficient (Wildman–Crippen LogP) is 2.41. The summed E-state index contributed by atoms with van der Waals surface area (Å²) in [6.07, 6.45) is 0. The van der Waals surface area contributed by atoms with Crippen molar-refractivity contribution in [1.29, 1.82) is 0 Å². The Balaban J connectivity index is 1.54. The molecule has 8 nitrogen and oxygen atoms in total. The number of nitrogens with one attached hydrogen (secondary N) is 2. The largest absolute Gasteiger partial charge is 0.378 e. The molecule has 0 spiro atoms. The third-order valence-electron chi connectivity index (χ3n) is 4.63. The van der Waals surface area contributed by atoms with E-state index in [-0.39, 0.29) is 10.8 Å². The molecule has 11 heteroatoms. The van der Waals surface area contributed by atoms with Crippen LogP contribution in [-0.2, 0) is 24.3 Å². The molecule has 0 bridgehead atoms. The summed E-state index contributed by atoms with van der Waals surface area (Å²) in [5.74, 6) is -0.743. The number of morpholine rings is 1. The second-order valence-electron chi connectivity index (χ2n) is 6.70. The Morgan fingerprint density at radius 3 is 2.70 bits per heavy atom. The maximum Gasteiger partial charge on any atom is 0.261 e. The molecule has 0 aliphatic carbocycles. The molecule has 0 radical (unpaired) electrons. The van der Waals surface area contributed by atoms with E-state index in [1.807, 2.05) is 0 Å². The van der Waals surface area contributed by atoms with Crippen LogP contribution in [0, 0.1) is 0 Å². The minimum Gasteiger partial charge on any atom is -0.378 e. The summed E-state index contributed by atoms with van der Waals surface area (Å²) >= 11 is 7.02. The molecular weight excluding hydrogens is 450 g/mol. The monoisotopic (exact) mass is 467 g/mol. The van der Waals surface area contributed by atoms with Gasteiger partial charge in [-0.3, -0.25) is 14.3 Å². The Morgan fingerprint density at radius 2 is 1.97 bits per heavy atom. The molecule has 2 amide bonds. The number of thioether (sulfide) groups is 1. The molecule has 1 fully saturated rings. The lowest BCUT2D eigenvalue weighted by Gasteiger charge is -2.31. The van der Waals surface area contributed by atoms with Crippen LogP contribution in [0.3, 0.4) is 0 Å². The topological polar surface area (TPSA) is 105 Å². The summed E-state index contributed by atoms with van der Waals surface area (Å²) in [5, 5.41) is 2.15. The van der Waals surface area contributed by atoms with Crippen molar-refractivity contribution in [3.63, 3.8) is 0 Å². The van der Waals surface area contributed by atoms with Crippen molar-refractivity contribution in [2.75, 3.05) is 36.3 Å². The standard InChI is InChI=1S/C19H18ClN3O5S2/c20-12-2-1-3-13(10-12)22-30(26,27)14-4-5-16-15(11-14)21-18(24)17(29-16)19(25)23-6-8-28-9-7-23/h1-5,10-11,17,22H,6-9H2,(H,21,24)/t17-/m0/s1. The molecular formula is C19H18ClN3O5S2. The predicted molar refractivity (Wildman–Crippen MR) is 114 cm³/mol. The van der Waals surface area contributed by atoms with Gasteiger partial charge in [-0.2, -0.15) is 0 Å². The highest BCUT2D eigenvalue weighted by Gasteiger charge is 2.36. The molecule has 0 unspecified atom stereocenters. The van der Waals surface area contributed by atoms with Gasteiger partial charge in [-0.05, 0) is 36.4 Å². The minimum absolute atomic E-state index is 0.0138. The van der Waals surface area contributed by atoms with Gasteiger partial charge in [0.15, 0.2) is 5.25 Å². The first kappa shape index (κ1) is 21.0. The Labute approximate surface area is 183 Å². The number of anilines is 2. The van der Waals surface area contributed by atoms with E-state index < -0.39 is 21.2 Å². The Morgan fingerprint density at radius 1 is 1.20 bits per heavy atom. The third kappa shape index (κ3) is 4.41. The van der Waals surface area contributed by atoms with Crippen LogP contribution in [0.15, 0.2) is 52.3 Å². The highest BCUT2D eigenvalue weighted by atomic mass is 35.5. The summed E-state index contributed by atoms with van der Waals surface area (Å²) in [5.41, 5.74) is 0.680. The fraction of sp³-hybridized carbons (Fsp3) is 0.263. The number of sulfonamides is 1. The number of amides is 2. The number of halogens is 1. The van der Waals surface area contributed by atoms with E-state index in [9.17, 15) is 18.0 Å². The van der Waals surface area contributed by atoms with Crippen molar-refractivity contribution < 1.29 is 22.7 Å². The second-order valence-corrected chi connectivity index (χ2v) is 9.96. The van der Waals surface area contributed by atoms with Crippen molar-refractivity contribution in [1.82, 2.24) is 4.90 Å². The van der Waals surface area contributed by atoms with Crippen molar-refractivity contribution >= 4 is 56.6 Å². The van der Waals surface area contributed by atoms with Crippen molar-refractivity contribution in [3.05, 3.63) is 47.5 Å². The maximum atomic E-state index is 12.7. The van der Waals surface area contributed by atoms with Crippen molar-refractivity contribution in [2.24, 2.45) is 0 Å². The minimum atomic E-state index is -3.89. The average Bonchev–Trinajstić information content (AvgIpc) is 2.72. The number of fused-ring (bicyclic) bond motifs is 1. The number of rotatable bonds is 4. The number of nitrogens with zero attached hydrogens (tertiary/aromatic N) is 1. The molecule has 1 saturated heterocycles. The van der Waals surface area contributed by atoms with Gasteiger partial charge in [-0.15, -0.1) is 11.8 Å². The fourth-order valence-corrected chi connectivity index (χ4v) is 5.45. The second kappa shape index (κ2) is 8.46. The van der Waals surface area contributed by atoms with Crippen LogP contribution in [0.25, 0.3) is 0 Å². The first-order valence-corrected chi connectivity index (χ1v) is 11.8. The van der Waals surface area contributed by atoms with E-state index in [0.29, 0.717) is 47.6 Å². The van der Waals surface area contributed by atoms with Crippen molar-refractivity contribution in [2.45, 2.75) is 15.0 Å². The van der Waals surface area contributed by atoms with Gasteiger partial charge in [-0.1, -0.05) is 17.7 Å². The van der Waals surface area contributed by atoms with Gasteiger partial charge in [0.1, 0.15) is 0 Å². The van der Waals surface area contributed by atoms with Gasteiger partial charge in [-0.25, -0.2) is 8.42 Å². The maximum absolute atomic E-state index is 12.7. The lowest BCUT2D eigenvalue weighted by Crippen LogP contribution is -2.49. The van der Waals surface area contributed by atoms with Crippen LogP contribution < -0.4 is 10.0 Å². The SMILES string of the molecule is O=C1Nc2cc(S(=O)(=O)Nc3cccc(Cl)c3)ccc2S[C@@H]1C(=O)N1CCOCC1. The van der Waals surface area contributed by atoms with E-state index in [2.05, 4.69) is 10.0 Å². The zero-order chi connectivity index (χ0) is 21.3. The number of benzene rings is 2. The zero-order valence-electron chi connectivity index (χ0n) is 15.6. The first-order chi connectivity index (χ1) is 14.3. The molecule has 0 aromatic heterocycles. The molecule has 2 aliphatic heterocycles. The molecule has 1 atom stereocenters. The van der Waals surface area contributed by atoms with Crippen LogP contribution in [0.2, 0.25) is 5.02 Å². The normalized spacial score (nSPS) is 19.0. The molecule has 2 aromatic rings. The van der Waals surface area contributed by atoms with Crippen molar-refractivity contribution in [3.8, 4) is 0 Å². The van der Waals surface area contributed by atoms with Crippen LogP contribution >= 0.6 is 23.4 Å². The van der Waals surface area contributed by atoms with E-state index in [0.717, 1.165) is 11.8 Å². The Kier molecular flexibility index (Phi) is 5.92. The lowest BCUT2D eigenvalue weighted by molar-refractivity contribution is -0.137. The van der Waals surface area contributed by atoms with Crippen LogP contribution in [0.1, 0.15) is 0 Å². The molecule has 2 aliphatic rings. The van der Waals surface area contributed by atoms with Gasteiger partial charge in [0.2, 0.25) is 11.8 Å². The van der Waals surface area contributed by atoms with Crippen LogP contribution in [-0.4, -0.2) is 56.7 Å². The Bertz CT molecular complexity index is 1100. The number of hydrogen-bond donors (Lipinski definition) is 2. The van der Waals surface area contributed by atoms with Gasteiger partial charge in [0, 0.05) is 23.0 Å². The van der Waals surface area contributed by atoms with E-state index >= 15 is 0 Å². The molecule has 2 heterocycles. The molecule has 30 heavy (non-hydrogen) atoms. The highest BCUT2D eigenvalue weighted by molar-refractivity contribution is 8.01. The number of carbonyl (C=O) groups excluding carboxylic acids is 2. The summed E-state index contributed by atoms with van der Waals surface area (Å²) in [7, 11) is -3.89. The molecule has 158 valence electrons. The summed E-state index contributed by atoms with van der Waals surface area (Å²) in [4.78, 5) is 27.5. The smallest absolute Gasteiger partial charge is 0.261 e. The number of hydrogen-bond acceptors (Lipinski definition) is 6. The van der Waals surface area contributed by atoms with Gasteiger partial charge in [0.25, 0.3) is 10.0 Å². The molecule has 2 N–H and O–H groups in total. The van der Waals surface area contributed by atoms with Gasteiger partial charge >= 0.3 is 0 Å². The number of ether oxygens (including phenoxy) is 1. The molecule has 4 rings (SSSR count). The summed E-state index contributed by atoms with van der Waals surface area (Å²) < 4.78 is 33.1. The van der Waals surface area contributed by atoms with Gasteiger partial charge < -0.3 is 15.0 Å². The summed E-state index contributed by atoms with van der Waals surface area (Å²) in [6.45, 7) is 1.79. The highest BCUT2D eigenvalue weighted by Crippen LogP contribution is 2.38. The molecule has 0 saturated carbocycles. The van der Waals surface area contributed by atoms with Crippen LogP contribution in [0.5, 0.6) is 0 Å². The summed E-state index contributed by atoms with van der Waals surface area (Å²) in [6, 6.07) is 10.8. The van der Waals surface area contributed by atoms with E-state index in [4.69, 9.17) is 16.3 Å². The fourth-order valence-electron chi connectivity index (χ4n) is 3.13. The zero-order valence-corrected chi connectivity index (χ0v) is 18.0. The lowest BCUT2D eigenvalue weighted by atomic mass is 10.2. The van der Waals surface area contributed by atoms with E-state index in [1.165, 1.54) is 18.2 Å².